The van der Waals surface area contributed by atoms with Crippen molar-refractivity contribution in [3.05, 3.63) is 34.8 Å². The van der Waals surface area contributed by atoms with Gasteiger partial charge in [-0.05, 0) is 44.2 Å². The van der Waals surface area contributed by atoms with Crippen LogP contribution in [0.5, 0.6) is 0 Å². The van der Waals surface area contributed by atoms with Crippen molar-refractivity contribution in [1.29, 1.82) is 0 Å². The van der Waals surface area contributed by atoms with Gasteiger partial charge >= 0.3 is 0 Å². The van der Waals surface area contributed by atoms with Gasteiger partial charge in [0.2, 0.25) is 0 Å². The molecule has 2 heterocycles. The zero-order valence-electron chi connectivity index (χ0n) is 10.2. The van der Waals surface area contributed by atoms with E-state index in [1.807, 2.05) is 26.8 Å². The van der Waals surface area contributed by atoms with E-state index in [4.69, 9.17) is 10.2 Å². The number of nitrogens with zero attached hydrogens (tertiary/aromatic N) is 2. The van der Waals surface area contributed by atoms with Gasteiger partial charge < -0.3 is 10.2 Å². The predicted molar refractivity (Wildman–Crippen MR) is 67.0 cm³/mol. The molecule has 0 fully saturated rings. The summed E-state index contributed by atoms with van der Waals surface area (Å²) in [5, 5.41) is 1.49. The molecular formula is C12H15N3OS. The van der Waals surface area contributed by atoms with Crippen LogP contribution in [0.4, 0.5) is 0 Å². The quantitative estimate of drug-likeness (QED) is 0.905. The first-order chi connectivity index (χ1) is 8.11. The lowest BCUT2D eigenvalue weighted by atomic mass is 10.2. The predicted octanol–water partition coefficient (Wildman–Crippen LogP) is 2.60. The molecule has 0 unspecified atom stereocenters. The third kappa shape index (κ3) is 2.50. The average Bonchev–Trinajstić information content (AvgIpc) is 2.58. The Morgan fingerprint density at radius 2 is 2.12 bits per heavy atom. The van der Waals surface area contributed by atoms with E-state index in [-0.39, 0.29) is 0 Å². The zero-order chi connectivity index (χ0) is 12.4. The highest BCUT2D eigenvalue weighted by Gasteiger charge is 2.12. The Labute approximate surface area is 105 Å². The summed E-state index contributed by atoms with van der Waals surface area (Å²) in [6.45, 7) is 6.33. The maximum Gasteiger partial charge on any atom is 0.262 e. The lowest BCUT2D eigenvalue weighted by Gasteiger charge is -2.06. The Bertz CT molecular complexity index is 517. The van der Waals surface area contributed by atoms with Gasteiger partial charge in [0.15, 0.2) is 0 Å². The molecule has 0 aliphatic carbocycles. The smallest absolute Gasteiger partial charge is 0.262 e. The summed E-state index contributed by atoms with van der Waals surface area (Å²) in [5.74, 6) is 0.842. The second-order valence-electron chi connectivity index (χ2n) is 3.84. The number of hydrogen-bond donors (Lipinski definition) is 1. The van der Waals surface area contributed by atoms with E-state index in [0.717, 1.165) is 27.6 Å². The molecule has 0 aliphatic heterocycles. The van der Waals surface area contributed by atoms with Gasteiger partial charge in [-0.2, -0.15) is 0 Å². The summed E-state index contributed by atoms with van der Waals surface area (Å²) in [7, 11) is 0. The van der Waals surface area contributed by atoms with E-state index in [0.29, 0.717) is 11.8 Å². The van der Waals surface area contributed by atoms with Crippen LogP contribution in [0.2, 0.25) is 0 Å². The van der Waals surface area contributed by atoms with Crippen LogP contribution < -0.4 is 5.73 Å². The third-order valence-electron chi connectivity index (χ3n) is 2.65. The standard InChI is InChI=1S/C12H15N3OS/c1-7-4-5-14-11(10(7)6-13)17-12-15-8(2)9(3)16-12/h4-5H,6,13H2,1-3H3. The van der Waals surface area contributed by atoms with Crippen molar-refractivity contribution in [2.24, 2.45) is 5.73 Å². The highest BCUT2D eigenvalue weighted by molar-refractivity contribution is 7.99. The fraction of sp³-hybridized carbons (Fsp3) is 0.333. The summed E-state index contributed by atoms with van der Waals surface area (Å²) in [6, 6.07) is 1.96. The summed E-state index contributed by atoms with van der Waals surface area (Å²) < 4.78 is 5.53. The molecule has 0 amide bonds. The molecule has 0 saturated heterocycles. The SMILES string of the molecule is Cc1ccnc(Sc2nc(C)c(C)o2)c1CN. The summed E-state index contributed by atoms with van der Waals surface area (Å²) in [4.78, 5) is 8.65. The minimum absolute atomic E-state index is 0.473. The minimum atomic E-state index is 0.473. The van der Waals surface area contributed by atoms with E-state index in [1.54, 1.807) is 6.20 Å². The van der Waals surface area contributed by atoms with Gasteiger partial charge in [0.05, 0.1) is 5.69 Å². The molecule has 4 nitrogen and oxygen atoms in total. The van der Waals surface area contributed by atoms with Crippen LogP contribution in [-0.2, 0) is 6.54 Å². The fourth-order valence-electron chi connectivity index (χ4n) is 1.47. The molecule has 0 bridgehead atoms. The molecule has 0 saturated carbocycles. The maximum absolute atomic E-state index is 5.74. The average molecular weight is 249 g/mol. The van der Waals surface area contributed by atoms with Gasteiger partial charge in [0.1, 0.15) is 10.8 Å². The molecule has 2 aromatic heterocycles. The van der Waals surface area contributed by atoms with Crippen LogP contribution in [0.3, 0.4) is 0 Å². The molecule has 0 aromatic carbocycles. The van der Waals surface area contributed by atoms with Crippen LogP contribution >= 0.6 is 11.8 Å². The molecule has 2 aromatic rings. The Morgan fingerprint density at radius 3 is 2.71 bits per heavy atom. The molecule has 2 rings (SSSR count). The first-order valence-corrected chi connectivity index (χ1v) is 6.20. The van der Waals surface area contributed by atoms with Crippen molar-refractivity contribution in [3.8, 4) is 0 Å². The first-order valence-electron chi connectivity index (χ1n) is 5.38. The van der Waals surface area contributed by atoms with Crippen molar-refractivity contribution in [1.82, 2.24) is 9.97 Å². The van der Waals surface area contributed by atoms with Crippen LogP contribution in [0.25, 0.3) is 0 Å². The van der Waals surface area contributed by atoms with E-state index < -0.39 is 0 Å². The summed E-state index contributed by atoms with van der Waals surface area (Å²) in [6.07, 6.45) is 1.78. The van der Waals surface area contributed by atoms with Gasteiger partial charge in [0, 0.05) is 18.3 Å². The van der Waals surface area contributed by atoms with Gasteiger partial charge in [-0.15, -0.1) is 0 Å². The number of pyridine rings is 1. The highest BCUT2D eigenvalue weighted by Crippen LogP contribution is 2.30. The fourth-order valence-corrected chi connectivity index (χ4v) is 2.47. The Hall–Kier alpha value is -1.33. The number of hydrogen-bond acceptors (Lipinski definition) is 5. The summed E-state index contributed by atoms with van der Waals surface area (Å²) in [5.41, 5.74) is 8.84. The highest BCUT2D eigenvalue weighted by atomic mass is 32.2. The van der Waals surface area contributed by atoms with Crippen molar-refractivity contribution in [3.63, 3.8) is 0 Å². The third-order valence-corrected chi connectivity index (χ3v) is 3.54. The van der Waals surface area contributed by atoms with Crippen LogP contribution in [-0.4, -0.2) is 9.97 Å². The van der Waals surface area contributed by atoms with Crippen LogP contribution in [0.1, 0.15) is 22.6 Å². The van der Waals surface area contributed by atoms with E-state index in [2.05, 4.69) is 9.97 Å². The minimum Gasteiger partial charge on any atom is -0.436 e. The largest absolute Gasteiger partial charge is 0.436 e. The lowest BCUT2D eigenvalue weighted by molar-refractivity contribution is 0.431. The number of aromatic nitrogens is 2. The molecule has 5 heteroatoms. The molecular weight excluding hydrogens is 234 g/mol. The van der Waals surface area contributed by atoms with Gasteiger partial charge in [-0.3, -0.25) is 0 Å². The molecule has 0 spiro atoms. The Kier molecular flexibility index (Phi) is 3.49. The number of aryl methyl sites for hydroxylation is 3. The molecule has 0 aliphatic rings. The second kappa shape index (κ2) is 4.89. The Morgan fingerprint density at radius 1 is 1.35 bits per heavy atom. The number of rotatable bonds is 3. The number of nitrogens with two attached hydrogens (primary N) is 1. The van der Waals surface area contributed by atoms with E-state index in [9.17, 15) is 0 Å². The van der Waals surface area contributed by atoms with E-state index in [1.165, 1.54) is 11.8 Å². The molecule has 2 N–H and O–H groups in total. The van der Waals surface area contributed by atoms with Crippen molar-refractivity contribution < 1.29 is 4.42 Å². The van der Waals surface area contributed by atoms with Gasteiger partial charge in [0.25, 0.3) is 5.22 Å². The van der Waals surface area contributed by atoms with Crippen molar-refractivity contribution >= 4 is 11.8 Å². The first kappa shape index (κ1) is 12.1. The van der Waals surface area contributed by atoms with Crippen LogP contribution in [0, 0.1) is 20.8 Å². The molecule has 0 atom stereocenters. The summed E-state index contributed by atoms with van der Waals surface area (Å²) >= 11 is 1.42. The molecule has 90 valence electrons. The monoisotopic (exact) mass is 249 g/mol. The second-order valence-corrected chi connectivity index (χ2v) is 4.78. The maximum atomic E-state index is 5.74. The van der Waals surface area contributed by atoms with Crippen molar-refractivity contribution in [2.75, 3.05) is 0 Å². The lowest BCUT2D eigenvalue weighted by Crippen LogP contribution is -2.02. The van der Waals surface area contributed by atoms with Crippen molar-refractivity contribution in [2.45, 2.75) is 37.6 Å². The zero-order valence-corrected chi connectivity index (χ0v) is 11.0. The Balaban J connectivity index is 2.32. The van der Waals surface area contributed by atoms with E-state index >= 15 is 0 Å². The van der Waals surface area contributed by atoms with Crippen LogP contribution in [0.15, 0.2) is 26.9 Å². The molecule has 17 heavy (non-hydrogen) atoms. The number of oxazole rings is 1. The van der Waals surface area contributed by atoms with Gasteiger partial charge in [-0.25, -0.2) is 9.97 Å². The van der Waals surface area contributed by atoms with Gasteiger partial charge in [-0.1, -0.05) is 0 Å². The molecule has 0 radical (unpaired) electrons. The topological polar surface area (TPSA) is 64.9 Å². The normalized spacial score (nSPS) is 10.8.